The number of aryl methyl sites for hydroxylation is 1. The highest BCUT2D eigenvalue weighted by molar-refractivity contribution is 5.89. The Labute approximate surface area is 143 Å². The minimum atomic E-state index is -0.0387. The van der Waals surface area contributed by atoms with Crippen LogP contribution in [0.2, 0.25) is 0 Å². The van der Waals surface area contributed by atoms with Gasteiger partial charge in [-0.25, -0.2) is 4.98 Å². The summed E-state index contributed by atoms with van der Waals surface area (Å²) in [6.45, 7) is 6.95. The maximum Gasteiger partial charge on any atom is 0.226 e. The number of nitrogens with one attached hydrogen (secondary N) is 2. The maximum absolute atomic E-state index is 12.0. The molecule has 0 saturated carbocycles. The molecule has 0 aliphatic carbocycles. The molecule has 0 aliphatic rings. The van der Waals surface area contributed by atoms with Gasteiger partial charge in [0.15, 0.2) is 0 Å². The second-order valence-electron chi connectivity index (χ2n) is 6.41. The molecule has 1 amide bonds. The van der Waals surface area contributed by atoms with Gasteiger partial charge >= 0.3 is 0 Å². The summed E-state index contributed by atoms with van der Waals surface area (Å²) in [4.78, 5) is 20.6. The lowest BCUT2D eigenvalue weighted by Gasteiger charge is -2.20. The highest BCUT2D eigenvalue weighted by Gasteiger charge is 2.14. The second-order valence-corrected chi connectivity index (χ2v) is 6.41. The Morgan fingerprint density at radius 2 is 2.00 bits per heavy atom. The molecule has 2 heterocycles. The fraction of sp³-hybridized carbons (Fsp3) is 0.421. The van der Waals surface area contributed by atoms with Gasteiger partial charge in [-0.15, -0.1) is 0 Å². The lowest BCUT2D eigenvalue weighted by Crippen LogP contribution is -2.27. The van der Waals surface area contributed by atoms with Gasteiger partial charge in [-0.2, -0.15) is 0 Å². The summed E-state index contributed by atoms with van der Waals surface area (Å²) >= 11 is 0. The van der Waals surface area contributed by atoms with E-state index in [0.29, 0.717) is 24.7 Å². The first-order chi connectivity index (χ1) is 11.5. The zero-order valence-electron chi connectivity index (χ0n) is 14.6. The van der Waals surface area contributed by atoms with Crippen molar-refractivity contribution in [3.8, 4) is 0 Å². The van der Waals surface area contributed by atoms with Crippen LogP contribution in [0.15, 0.2) is 42.7 Å². The summed E-state index contributed by atoms with van der Waals surface area (Å²) in [7, 11) is 0. The Hall–Kier alpha value is -2.27. The van der Waals surface area contributed by atoms with Gasteiger partial charge in [0.1, 0.15) is 5.82 Å². The molecule has 5 nitrogen and oxygen atoms in total. The molecule has 2 aromatic rings. The number of pyridine rings is 2. The van der Waals surface area contributed by atoms with Crippen LogP contribution in [0.3, 0.4) is 0 Å². The van der Waals surface area contributed by atoms with Crippen molar-refractivity contribution in [1.29, 1.82) is 0 Å². The van der Waals surface area contributed by atoms with E-state index in [1.807, 2.05) is 37.3 Å². The summed E-state index contributed by atoms with van der Waals surface area (Å²) < 4.78 is 0. The van der Waals surface area contributed by atoms with Crippen LogP contribution < -0.4 is 10.6 Å². The maximum atomic E-state index is 12.0. The van der Waals surface area contributed by atoms with E-state index in [4.69, 9.17) is 0 Å². The van der Waals surface area contributed by atoms with Crippen molar-refractivity contribution < 1.29 is 4.79 Å². The number of hydrogen-bond donors (Lipinski definition) is 2. The smallest absolute Gasteiger partial charge is 0.226 e. The van der Waals surface area contributed by atoms with E-state index < -0.39 is 0 Å². The molecule has 1 atom stereocenters. The first-order valence-electron chi connectivity index (χ1n) is 8.41. The molecule has 0 aromatic carbocycles. The Morgan fingerprint density at radius 3 is 2.62 bits per heavy atom. The van der Waals surface area contributed by atoms with E-state index in [2.05, 4.69) is 34.4 Å². The van der Waals surface area contributed by atoms with Crippen LogP contribution in [0.4, 0.5) is 5.82 Å². The monoisotopic (exact) mass is 326 g/mol. The summed E-state index contributed by atoms with van der Waals surface area (Å²) in [6.07, 6.45) is 4.93. The second kappa shape index (κ2) is 9.13. The molecule has 0 aliphatic heterocycles. The van der Waals surface area contributed by atoms with E-state index in [-0.39, 0.29) is 11.9 Å². The van der Waals surface area contributed by atoms with Crippen molar-refractivity contribution in [3.63, 3.8) is 0 Å². The molecule has 24 heavy (non-hydrogen) atoms. The molecule has 0 spiro atoms. The number of amides is 1. The molecule has 0 saturated heterocycles. The SMILES string of the molecule is Cc1ccc(NC(=O)CCNC(CC(C)C)c2ccccn2)nc1. The van der Waals surface area contributed by atoms with Gasteiger partial charge in [-0.1, -0.05) is 26.0 Å². The molecule has 128 valence electrons. The topological polar surface area (TPSA) is 66.9 Å². The lowest BCUT2D eigenvalue weighted by atomic mass is 10.0. The number of aromatic nitrogens is 2. The minimum absolute atomic E-state index is 0.0387. The predicted molar refractivity (Wildman–Crippen MR) is 96.7 cm³/mol. The van der Waals surface area contributed by atoms with Crippen LogP contribution in [0.25, 0.3) is 0 Å². The number of rotatable bonds is 8. The fourth-order valence-corrected chi connectivity index (χ4v) is 2.47. The van der Waals surface area contributed by atoms with Gasteiger partial charge in [0.05, 0.1) is 5.69 Å². The Kier molecular flexibility index (Phi) is 6.88. The first-order valence-corrected chi connectivity index (χ1v) is 8.41. The van der Waals surface area contributed by atoms with Crippen LogP contribution in [0.5, 0.6) is 0 Å². The van der Waals surface area contributed by atoms with Gasteiger partial charge in [0, 0.05) is 31.4 Å². The van der Waals surface area contributed by atoms with Crippen LogP contribution in [-0.2, 0) is 4.79 Å². The van der Waals surface area contributed by atoms with Gasteiger partial charge in [0.2, 0.25) is 5.91 Å². The zero-order chi connectivity index (χ0) is 17.4. The van der Waals surface area contributed by atoms with Crippen LogP contribution in [0, 0.1) is 12.8 Å². The third-order valence-corrected chi connectivity index (χ3v) is 3.67. The summed E-state index contributed by atoms with van der Waals surface area (Å²) in [5.74, 6) is 1.10. The molecule has 2 rings (SSSR count). The van der Waals surface area contributed by atoms with Crippen molar-refractivity contribution in [2.24, 2.45) is 5.92 Å². The van der Waals surface area contributed by atoms with E-state index in [1.165, 1.54) is 0 Å². The molecular formula is C19H26N4O. The first kappa shape index (κ1) is 18.1. The number of carbonyl (C=O) groups excluding carboxylic acids is 1. The molecule has 1 unspecified atom stereocenters. The standard InChI is InChI=1S/C19H26N4O/c1-14(2)12-17(16-6-4-5-10-20-16)21-11-9-19(24)23-18-8-7-15(3)13-22-18/h4-8,10,13-14,17,21H,9,11-12H2,1-3H3,(H,22,23,24). The van der Waals surface area contributed by atoms with Gasteiger partial charge < -0.3 is 10.6 Å². The normalized spacial score (nSPS) is 12.2. The largest absolute Gasteiger partial charge is 0.311 e. The fourth-order valence-electron chi connectivity index (χ4n) is 2.47. The zero-order valence-corrected chi connectivity index (χ0v) is 14.6. The molecule has 0 bridgehead atoms. The van der Waals surface area contributed by atoms with Crippen LogP contribution in [-0.4, -0.2) is 22.4 Å². The molecule has 0 radical (unpaired) electrons. The highest BCUT2D eigenvalue weighted by Crippen LogP contribution is 2.19. The number of nitrogens with zero attached hydrogens (tertiary/aromatic N) is 2. The third-order valence-electron chi connectivity index (χ3n) is 3.67. The predicted octanol–water partition coefficient (Wildman–Crippen LogP) is 3.49. The van der Waals surface area contributed by atoms with Crippen molar-refractivity contribution >= 4 is 11.7 Å². The molecule has 5 heteroatoms. The van der Waals surface area contributed by atoms with Crippen LogP contribution in [0.1, 0.15) is 44.0 Å². The molecular weight excluding hydrogens is 300 g/mol. The van der Waals surface area contributed by atoms with Gasteiger partial charge in [-0.05, 0) is 43.0 Å². The Morgan fingerprint density at radius 1 is 1.17 bits per heavy atom. The quantitative estimate of drug-likeness (QED) is 0.779. The Balaban J connectivity index is 1.83. The number of hydrogen-bond acceptors (Lipinski definition) is 4. The summed E-state index contributed by atoms with van der Waals surface area (Å²) in [5, 5.41) is 6.27. The van der Waals surface area contributed by atoms with E-state index in [1.54, 1.807) is 12.4 Å². The average molecular weight is 326 g/mol. The van der Waals surface area contributed by atoms with Crippen molar-refractivity contribution in [2.45, 2.75) is 39.7 Å². The van der Waals surface area contributed by atoms with Crippen LogP contribution >= 0.6 is 0 Å². The third kappa shape index (κ3) is 6.08. The van der Waals surface area contributed by atoms with Crippen molar-refractivity contribution in [1.82, 2.24) is 15.3 Å². The molecule has 2 N–H and O–H groups in total. The molecule has 2 aromatic heterocycles. The van der Waals surface area contributed by atoms with Crippen molar-refractivity contribution in [3.05, 3.63) is 54.0 Å². The van der Waals surface area contributed by atoms with E-state index >= 15 is 0 Å². The summed E-state index contributed by atoms with van der Waals surface area (Å²) in [6, 6.07) is 9.84. The summed E-state index contributed by atoms with van der Waals surface area (Å²) in [5.41, 5.74) is 2.09. The lowest BCUT2D eigenvalue weighted by molar-refractivity contribution is -0.116. The van der Waals surface area contributed by atoms with E-state index in [9.17, 15) is 4.79 Å². The van der Waals surface area contributed by atoms with Crippen molar-refractivity contribution in [2.75, 3.05) is 11.9 Å². The highest BCUT2D eigenvalue weighted by atomic mass is 16.1. The van der Waals surface area contributed by atoms with Gasteiger partial charge in [-0.3, -0.25) is 9.78 Å². The van der Waals surface area contributed by atoms with E-state index in [0.717, 1.165) is 17.7 Å². The molecule has 0 fully saturated rings. The Bertz CT molecular complexity index is 626. The van der Waals surface area contributed by atoms with Gasteiger partial charge in [0.25, 0.3) is 0 Å². The number of carbonyl (C=O) groups is 1. The average Bonchev–Trinajstić information content (AvgIpc) is 2.56. The number of anilines is 1. The minimum Gasteiger partial charge on any atom is -0.311 e.